The Kier molecular flexibility index (Phi) is 3.45. The van der Waals surface area contributed by atoms with Gasteiger partial charge in [0.05, 0.1) is 17.9 Å². The molecule has 0 amide bonds. The number of rotatable bonds is 4. The second kappa shape index (κ2) is 4.39. The summed E-state index contributed by atoms with van der Waals surface area (Å²) in [4.78, 5) is 0. The van der Waals surface area contributed by atoms with Gasteiger partial charge in [0.1, 0.15) is 0 Å². The number of hydrazine groups is 1. The summed E-state index contributed by atoms with van der Waals surface area (Å²) >= 11 is 0. The average Bonchev–Trinajstić information content (AvgIpc) is 2.43. The van der Waals surface area contributed by atoms with Crippen LogP contribution >= 0.6 is 0 Å². The molecule has 1 aromatic heterocycles. The van der Waals surface area contributed by atoms with E-state index in [2.05, 4.69) is 23.5 Å². The van der Waals surface area contributed by atoms with Crippen molar-refractivity contribution in [2.75, 3.05) is 14.1 Å². The van der Waals surface area contributed by atoms with E-state index in [4.69, 9.17) is 0 Å². The predicted molar refractivity (Wildman–Crippen MR) is 53.1 cm³/mol. The highest BCUT2D eigenvalue weighted by atomic mass is 15.5. The second-order valence-electron chi connectivity index (χ2n) is 3.33. The first-order valence-corrected chi connectivity index (χ1v) is 4.56. The summed E-state index contributed by atoms with van der Waals surface area (Å²) in [6.45, 7) is 2.95. The number of aryl methyl sites for hydroxylation is 2. The highest BCUT2D eigenvalue weighted by Crippen LogP contribution is 2.02. The minimum atomic E-state index is 0.830. The van der Waals surface area contributed by atoms with Crippen LogP contribution in [0.5, 0.6) is 0 Å². The van der Waals surface area contributed by atoms with Crippen LogP contribution in [0.3, 0.4) is 0 Å². The summed E-state index contributed by atoms with van der Waals surface area (Å²) in [7, 11) is 5.94. The van der Waals surface area contributed by atoms with E-state index in [1.54, 1.807) is 0 Å². The van der Waals surface area contributed by atoms with Gasteiger partial charge in [-0.25, -0.2) is 5.43 Å². The van der Waals surface area contributed by atoms with Crippen LogP contribution in [-0.4, -0.2) is 28.9 Å². The monoisotopic (exact) mass is 182 g/mol. The Balaban J connectivity index is 2.60. The van der Waals surface area contributed by atoms with Crippen molar-refractivity contribution in [2.24, 2.45) is 7.05 Å². The summed E-state index contributed by atoms with van der Waals surface area (Å²) in [6, 6.07) is 2.14. The van der Waals surface area contributed by atoms with Gasteiger partial charge < -0.3 is 0 Å². The van der Waals surface area contributed by atoms with Crippen molar-refractivity contribution < 1.29 is 0 Å². The molecule has 1 aromatic rings. The summed E-state index contributed by atoms with van der Waals surface area (Å²) in [5.41, 5.74) is 5.58. The van der Waals surface area contributed by atoms with Gasteiger partial charge in [0.15, 0.2) is 0 Å². The van der Waals surface area contributed by atoms with Crippen LogP contribution in [0.2, 0.25) is 0 Å². The van der Waals surface area contributed by atoms with Crippen LogP contribution in [0.1, 0.15) is 18.3 Å². The van der Waals surface area contributed by atoms with Crippen LogP contribution in [-0.2, 0) is 20.0 Å². The Morgan fingerprint density at radius 1 is 1.54 bits per heavy atom. The van der Waals surface area contributed by atoms with Gasteiger partial charge in [-0.1, -0.05) is 6.92 Å². The molecule has 0 aliphatic heterocycles. The lowest BCUT2D eigenvalue weighted by Gasteiger charge is -2.11. The van der Waals surface area contributed by atoms with Crippen LogP contribution in [0.25, 0.3) is 0 Å². The van der Waals surface area contributed by atoms with E-state index in [9.17, 15) is 0 Å². The summed E-state index contributed by atoms with van der Waals surface area (Å²) in [5.74, 6) is 0. The fourth-order valence-electron chi connectivity index (χ4n) is 1.15. The Hall–Kier alpha value is -0.870. The highest BCUT2D eigenvalue weighted by Gasteiger charge is 2.02. The largest absolute Gasteiger partial charge is 0.271 e. The summed E-state index contributed by atoms with van der Waals surface area (Å²) in [5, 5.41) is 6.31. The lowest BCUT2D eigenvalue weighted by molar-refractivity contribution is 0.282. The maximum Gasteiger partial charge on any atom is 0.0625 e. The zero-order valence-corrected chi connectivity index (χ0v) is 8.83. The third-order valence-corrected chi connectivity index (χ3v) is 1.97. The van der Waals surface area contributed by atoms with Gasteiger partial charge in [0.25, 0.3) is 0 Å². The maximum atomic E-state index is 4.37. The van der Waals surface area contributed by atoms with Gasteiger partial charge in [0.2, 0.25) is 0 Å². The molecule has 0 bridgehead atoms. The fraction of sp³-hybridized carbons (Fsp3) is 0.667. The molecule has 0 aliphatic rings. The molecule has 0 fully saturated rings. The van der Waals surface area contributed by atoms with Gasteiger partial charge in [-0.3, -0.25) is 9.69 Å². The van der Waals surface area contributed by atoms with Gasteiger partial charge in [-0.2, -0.15) is 5.10 Å². The molecule has 0 spiro atoms. The zero-order chi connectivity index (χ0) is 9.84. The predicted octanol–water partition coefficient (Wildman–Crippen LogP) is 0.549. The smallest absolute Gasteiger partial charge is 0.0625 e. The Morgan fingerprint density at radius 3 is 2.69 bits per heavy atom. The van der Waals surface area contributed by atoms with Crippen molar-refractivity contribution in [3.63, 3.8) is 0 Å². The molecule has 1 N–H and O–H groups in total. The SMILES string of the molecule is CCc1cc(CNN(C)C)n(C)n1. The molecule has 0 saturated carbocycles. The van der Waals surface area contributed by atoms with Gasteiger partial charge in [0, 0.05) is 21.1 Å². The first kappa shape index (κ1) is 10.2. The third kappa shape index (κ3) is 2.82. The standard InChI is InChI=1S/C9H18N4/c1-5-8-6-9(13(4)11-8)7-10-12(2)3/h6,10H,5,7H2,1-4H3. The molecule has 0 unspecified atom stereocenters. The minimum Gasteiger partial charge on any atom is -0.271 e. The molecular formula is C9H18N4. The fourth-order valence-corrected chi connectivity index (χ4v) is 1.15. The Morgan fingerprint density at radius 2 is 2.23 bits per heavy atom. The number of nitrogens with zero attached hydrogens (tertiary/aromatic N) is 3. The number of nitrogens with one attached hydrogen (secondary N) is 1. The van der Waals surface area contributed by atoms with E-state index in [0.29, 0.717) is 0 Å². The van der Waals surface area contributed by atoms with E-state index in [1.165, 1.54) is 5.69 Å². The quantitative estimate of drug-likeness (QED) is 0.690. The topological polar surface area (TPSA) is 33.1 Å². The van der Waals surface area contributed by atoms with E-state index in [0.717, 1.165) is 18.7 Å². The molecule has 1 rings (SSSR count). The molecule has 4 heteroatoms. The molecular weight excluding hydrogens is 164 g/mol. The average molecular weight is 182 g/mol. The van der Waals surface area contributed by atoms with E-state index in [-0.39, 0.29) is 0 Å². The van der Waals surface area contributed by atoms with Gasteiger partial charge in [-0.15, -0.1) is 0 Å². The molecule has 0 saturated heterocycles. The van der Waals surface area contributed by atoms with Crippen LogP contribution < -0.4 is 5.43 Å². The minimum absolute atomic E-state index is 0.830. The van der Waals surface area contributed by atoms with Crippen molar-refractivity contribution in [2.45, 2.75) is 19.9 Å². The third-order valence-electron chi connectivity index (χ3n) is 1.97. The van der Waals surface area contributed by atoms with Crippen molar-refractivity contribution in [1.82, 2.24) is 20.2 Å². The Labute approximate surface area is 79.5 Å². The lowest BCUT2D eigenvalue weighted by atomic mass is 10.3. The van der Waals surface area contributed by atoms with Crippen LogP contribution in [0, 0.1) is 0 Å². The molecule has 0 aliphatic carbocycles. The zero-order valence-electron chi connectivity index (χ0n) is 8.83. The number of aromatic nitrogens is 2. The van der Waals surface area contributed by atoms with Gasteiger partial charge >= 0.3 is 0 Å². The summed E-state index contributed by atoms with van der Waals surface area (Å²) < 4.78 is 1.93. The second-order valence-corrected chi connectivity index (χ2v) is 3.33. The van der Waals surface area contributed by atoms with E-state index < -0.39 is 0 Å². The van der Waals surface area contributed by atoms with Crippen molar-refractivity contribution in [3.8, 4) is 0 Å². The molecule has 13 heavy (non-hydrogen) atoms. The first-order chi connectivity index (χ1) is 6.13. The van der Waals surface area contributed by atoms with Crippen molar-refractivity contribution in [3.05, 3.63) is 17.5 Å². The normalized spacial score (nSPS) is 11.2. The maximum absolute atomic E-state index is 4.37. The Bertz CT molecular complexity index is 265. The van der Waals surface area contributed by atoms with Crippen LogP contribution in [0.15, 0.2) is 6.07 Å². The van der Waals surface area contributed by atoms with Crippen molar-refractivity contribution >= 4 is 0 Å². The summed E-state index contributed by atoms with van der Waals surface area (Å²) in [6.07, 6.45) is 0.996. The number of hydrogen-bond acceptors (Lipinski definition) is 3. The molecule has 1 heterocycles. The molecule has 4 nitrogen and oxygen atoms in total. The molecule has 0 aromatic carbocycles. The van der Waals surface area contributed by atoms with Crippen molar-refractivity contribution in [1.29, 1.82) is 0 Å². The molecule has 0 atom stereocenters. The van der Waals surface area contributed by atoms with Gasteiger partial charge in [-0.05, 0) is 12.5 Å². The van der Waals surface area contributed by atoms with E-state index >= 15 is 0 Å². The molecule has 0 radical (unpaired) electrons. The molecule has 74 valence electrons. The first-order valence-electron chi connectivity index (χ1n) is 4.56. The highest BCUT2D eigenvalue weighted by molar-refractivity contribution is 5.09. The van der Waals surface area contributed by atoms with Crippen LogP contribution in [0.4, 0.5) is 0 Å². The van der Waals surface area contributed by atoms with E-state index in [1.807, 2.05) is 30.8 Å². The lowest BCUT2D eigenvalue weighted by Crippen LogP contribution is -2.30. The number of hydrogen-bond donors (Lipinski definition) is 1.